The molecule has 1 aromatic heterocycles. The van der Waals surface area contributed by atoms with E-state index in [1.807, 2.05) is 13.1 Å². The number of pyridine rings is 1. The van der Waals surface area contributed by atoms with Gasteiger partial charge in [-0.05, 0) is 43.5 Å². The van der Waals surface area contributed by atoms with Crippen LogP contribution in [0.4, 0.5) is 5.82 Å². The number of aromatic nitrogens is 1. The highest BCUT2D eigenvalue weighted by atomic mass is 14.9. The van der Waals surface area contributed by atoms with Crippen LogP contribution in [0.2, 0.25) is 0 Å². The fourth-order valence-electron chi connectivity index (χ4n) is 1.93. The van der Waals surface area contributed by atoms with Gasteiger partial charge in [-0.1, -0.05) is 6.42 Å². The lowest BCUT2D eigenvalue weighted by molar-refractivity contribution is 0.411. The molecule has 2 heterocycles. The molecule has 0 spiro atoms. The van der Waals surface area contributed by atoms with Gasteiger partial charge in [-0.25, -0.2) is 4.98 Å². The zero-order valence-electron chi connectivity index (χ0n) is 8.59. The molecule has 1 aliphatic heterocycles. The second-order valence-electron chi connectivity index (χ2n) is 3.97. The molecule has 0 radical (unpaired) electrons. The van der Waals surface area contributed by atoms with Crippen LogP contribution in [0.1, 0.15) is 36.4 Å². The molecule has 0 aliphatic carbocycles. The summed E-state index contributed by atoms with van der Waals surface area (Å²) in [6, 6.07) is 2.63. The minimum absolute atomic E-state index is 0.482. The van der Waals surface area contributed by atoms with E-state index < -0.39 is 0 Å². The molecule has 76 valence electrons. The number of rotatable bonds is 1. The molecular weight excluding hydrogens is 174 g/mol. The maximum absolute atomic E-state index is 5.69. The van der Waals surface area contributed by atoms with E-state index in [1.54, 1.807) is 0 Å². The average molecular weight is 191 g/mol. The third kappa shape index (κ3) is 1.87. The van der Waals surface area contributed by atoms with Gasteiger partial charge < -0.3 is 11.1 Å². The molecule has 0 aromatic carbocycles. The van der Waals surface area contributed by atoms with Gasteiger partial charge in [0, 0.05) is 12.2 Å². The monoisotopic (exact) mass is 191 g/mol. The number of piperidine rings is 1. The van der Waals surface area contributed by atoms with Crippen LogP contribution in [0.5, 0.6) is 0 Å². The van der Waals surface area contributed by atoms with Gasteiger partial charge in [0.25, 0.3) is 0 Å². The fourth-order valence-corrected chi connectivity index (χ4v) is 1.93. The van der Waals surface area contributed by atoms with Gasteiger partial charge >= 0.3 is 0 Å². The highest BCUT2D eigenvalue weighted by Crippen LogP contribution is 2.23. The maximum atomic E-state index is 5.69. The summed E-state index contributed by atoms with van der Waals surface area (Å²) in [6.07, 6.45) is 5.70. The zero-order valence-corrected chi connectivity index (χ0v) is 8.59. The number of nitrogens with one attached hydrogen (secondary N) is 1. The number of nitrogens with two attached hydrogens (primary N) is 1. The summed E-state index contributed by atoms with van der Waals surface area (Å²) >= 11 is 0. The number of hydrogen-bond acceptors (Lipinski definition) is 3. The van der Waals surface area contributed by atoms with Crippen LogP contribution in [0.15, 0.2) is 12.3 Å². The minimum atomic E-state index is 0.482. The first-order chi connectivity index (χ1) is 6.77. The maximum Gasteiger partial charge on any atom is 0.126 e. The Bertz CT molecular complexity index is 316. The standard InChI is InChI=1S/C11H17N3/c1-8-6-9(7-14-11(8)12)10-4-2-3-5-13-10/h6-7,10,13H,2-5H2,1H3,(H2,12,14). The average Bonchev–Trinajstić information content (AvgIpc) is 2.23. The van der Waals surface area contributed by atoms with Crippen molar-refractivity contribution in [3.8, 4) is 0 Å². The van der Waals surface area contributed by atoms with E-state index in [-0.39, 0.29) is 0 Å². The van der Waals surface area contributed by atoms with Gasteiger partial charge in [-0.3, -0.25) is 0 Å². The van der Waals surface area contributed by atoms with Crippen molar-refractivity contribution in [3.05, 3.63) is 23.4 Å². The van der Waals surface area contributed by atoms with Crippen molar-refractivity contribution in [2.45, 2.75) is 32.2 Å². The molecule has 1 aromatic rings. The Kier molecular flexibility index (Phi) is 2.68. The first-order valence-electron chi connectivity index (χ1n) is 5.23. The Hall–Kier alpha value is -1.09. The quantitative estimate of drug-likeness (QED) is 0.711. The van der Waals surface area contributed by atoms with E-state index in [1.165, 1.54) is 24.8 Å². The lowest BCUT2D eigenvalue weighted by Gasteiger charge is -2.23. The van der Waals surface area contributed by atoms with Gasteiger partial charge in [0.2, 0.25) is 0 Å². The topological polar surface area (TPSA) is 50.9 Å². The van der Waals surface area contributed by atoms with Crippen molar-refractivity contribution in [2.24, 2.45) is 0 Å². The minimum Gasteiger partial charge on any atom is -0.383 e. The Morgan fingerprint density at radius 1 is 1.50 bits per heavy atom. The lowest BCUT2D eigenvalue weighted by atomic mass is 9.98. The van der Waals surface area contributed by atoms with Crippen molar-refractivity contribution in [2.75, 3.05) is 12.3 Å². The largest absolute Gasteiger partial charge is 0.383 e. The second kappa shape index (κ2) is 3.96. The van der Waals surface area contributed by atoms with Crippen molar-refractivity contribution in [1.82, 2.24) is 10.3 Å². The van der Waals surface area contributed by atoms with Crippen molar-refractivity contribution < 1.29 is 0 Å². The molecule has 0 bridgehead atoms. The van der Waals surface area contributed by atoms with Crippen LogP contribution in [0.3, 0.4) is 0 Å². The third-order valence-corrected chi connectivity index (χ3v) is 2.85. The van der Waals surface area contributed by atoms with E-state index in [2.05, 4.69) is 16.4 Å². The predicted octanol–water partition coefficient (Wildman–Crippen LogP) is 1.79. The summed E-state index contributed by atoms with van der Waals surface area (Å²) < 4.78 is 0. The van der Waals surface area contributed by atoms with Gasteiger partial charge in [-0.15, -0.1) is 0 Å². The molecular formula is C11H17N3. The third-order valence-electron chi connectivity index (χ3n) is 2.85. The van der Waals surface area contributed by atoms with Crippen LogP contribution in [-0.4, -0.2) is 11.5 Å². The first kappa shape index (κ1) is 9.46. The van der Waals surface area contributed by atoms with Crippen molar-refractivity contribution >= 4 is 5.82 Å². The number of hydrogen-bond donors (Lipinski definition) is 2. The number of nitrogen functional groups attached to an aromatic ring is 1. The fraction of sp³-hybridized carbons (Fsp3) is 0.545. The van der Waals surface area contributed by atoms with Gasteiger partial charge in [-0.2, -0.15) is 0 Å². The van der Waals surface area contributed by atoms with Crippen LogP contribution >= 0.6 is 0 Å². The summed E-state index contributed by atoms with van der Waals surface area (Å²) in [5, 5.41) is 3.50. The van der Waals surface area contributed by atoms with Crippen LogP contribution in [0, 0.1) is 6.92 Å². The molecule has 0 amide bonds. The van der Waals surface area contributed by atoms with Gasteiger partial charge in [0.05, 0.1) is 0 Å². The number of anilines is 1. The Labute approximate surface area is 84.7 Å². The summed E-state index contributed by atoms with van der Waals surface area (Å²) in [5.41, 5.74) is 8.04. The molecule has 1 atom stereocenters. The van der Waals surface area contributed by atoms with Crippen LogP contribution < -0.4 is 11.1 Å². The van der Waals surface area contributed by atoms with Crippen molar-refractivity contribution in [3.63, 3.8) is 0 Å². The molecule has 14 heavy (non-hydrogen) atoms. The molecule has 3 heteroatoms. The Morgan fingerprint density at radius 3 is 3.00 bits per heavy atom. The van der Waals surface area contributed by atoms with Gasteiger partial charge in [0.15, 0.2) is 0 Å². The predicted molar refractivity (Wildman–Crippen MR) is 58.0 cm³/mol. The normalized spacial score (nSPS) is 22.2. The van der Waals surface area contributed by atoms with Crippen LogP contribution in [0.25, 0.3) is 0 Å². The van der Waals surface area contributed by atoms with Crippen molar-refractivity contribution in [1.29, 1.82) is 0 Å². The molecule has 1 fully saturated rings. The molecule has 3 nitrogen and oxygen atoms in total. The highest BCUT2D eigenvalue weighted by Gasteiger charge is 2.15. The Balaban J connectivity index is 2.18. The lowest BCUT2D eigenvalue weighted by Crippen LogP contribution is -2.26. The van der Waals surface area contributed by atoms with E-state index in [9.17, 15) is 0 Å². The molecule has 3 N–H and O–H groups in total. The number of nitrogens with zero attached hydrogens (tertiary/aromatic N) is 1. The molecule has 1 unspecified atom stereocenters. The smallest absolute Gasteiger partial charge is 0.126 e. The van der Waals surface area contributed by atoms with E-state index >= 15 is 0 Å². The number of aryl methyl sites for hydroxylation is 1. The summed E-state index contributed by atoms with van der Waals surface area (Å²) in [4.78, 5) is 4.19. The highest BCUT2D eigenvalue weighted by molar-refractivity contribution is 5.40. The molecule has 0 saturated carbocycles. The molecule has 2 rings (SSSR count). The van der Waals surface area contributed by atoms with E-state index in [0.29, 0.717) is 11.9 Å². The van der Waals surface area contributed by atoms with Crippen LogP contribution in [-0.2, 0) is 0 Å². The summed E-state index contributed by atoms with van der Waals surface area (Å²) in [5.74, 6) is 0.643. The zero-order chi connectivity index (χ0) is 9.97. The van der Waals surface area contributed by atoms with E-state index in [4.69, 9.17) is 5.73 Å². The second-order valence-corrected chi connectivity index (χ2v) is 3.97. The van der Waals surface area contributed by atoms with E-state index in [0.717, 1.165) is 12.1 Å². The molecule has 1 saturated heterocycles. The van der Waals surface area contributed by atoms with Gasteiger partial charge in [0.1, 0.15) is 5.82 Å². The SMILES string of the molecule is Cc1cc(C2CCCCN2)cnc1N. The molecule has 1 aliphatic rings. The summed E-state index contributed by atoms with van der Waals surface area (Å²) in [6.45, 7) is 3.13. The summed E-state index contributed by atoms with van der Waals surface area (Å²) in [7, 11) is 0. The first-order valence-corrected chi connectivity index (χ1v) is 5.23. The Morgan fingerprint density at radius 2 is 2.36 bits per heavy atom.